The summed E-state index contributed by atoms with van der Waals surface area (Å²) in [7, 11) is 0. The number of hydrogen-bond acceptors (Lipinski definition) is 5. The van der Waals surface area contributed by atoms with E-state index in [-0.39, 0.29) is 17.6 Å². The summed E-state index contributed by atoms with van der Waals surface area (Å²) in [5.41, 5.74) is 10.3. The fourth-order valence-corrected chi connectivity index (χ4v) is 2.26. The number of thiocarbonyl (C=S) groups is 1. The van der Waals surface area contributed by atoms with Gasteiger partial charge in [0.2, 0.25) is 0 Å². The van der Waals surface area contributed by atoms with Crippen molar-refractivity contribution in [2.45, 2.75) is 13.8 Å². The maximum Gasteiger partial charge on any atom is 0.262 e. The number of para-hydroxylation sites is 1. The van der Waals surface area contributed by atoms with Crippen molar-refractivity contribution in [3.63, 3.8) is 0 Å². The molecule has 1 amide bonds. The van der Waals surface area contributed by atoms with E-state index in [2.05, 4.69) is 28.1 Å². The first kappa shape index (κ1) is 20.2. The quantitative estimate of drug-likeness (QED) is 0.366. The van der Waals surface area contributed by atoms with Gasteiger partial charge in [0, 0.05) is 5.69 Å². The molecule has 7 nitrogen and oxygen atoms in total. The van der Waals surface area contributed by atoms with E-state index in [0.29, 0.717) is 18.1 Å². The molecule has 0 saturated carbocycles. The highest BCUT2D eigenvalue weighted by atomic mass is 32.1. The number of aryl methyl sites for hydroxylation is 1. The van der Waals surface area contributed by atoms with Crippen LogP contribution in [0, 0.1) is 6.92 Å². The first-order valence-corrected chi connectivity index (χ1v) is 8.74. The SMILES string of the molecule is CCOc1cc(/C=N\NC(N)=S)ccc1OCC(=O)Nc1ccccc1C. The smallest absolute Gasteiger partial charge is 0.262 e. The Balaban J connectivity index is 2.02. The zero-order valence-corrected chi connectivity index (χ0v) is 16.0. The second kappa shape index (κ2) is 10.1. The highest BCUT2D eigenvalue weighted by molar-refractivity contribution is 7.80. The van der Waals surface area contributed by atoms with Crippen molar-refractivity contribution in [3.8, 4) is 11.5 Å². The van der Waals surface area contributed by atoms with Gasteiger partial charge in [-0.05, 0) is 61.5 Å². The molecule has 4 N–H and O–H groups in total. The summed E-state index contributed by atoms with van der Waals surface area (Å²) < 4.78 is 11.2. The van der Waals surface area contributed by atoms with Crippen LogP contribution in [0.3, 0.4) is 0 Å². The zero-order valence-electron chi connectivity index (χ0n) is 15.2. The van der Waals surface area contributed by atoms with E-state index in [4.69, 9.17) is 15.2 Å². The monoisotopic (exact) mass is 386 g/mol. The summed E-state index contributed by atoms with van der Waals surface area (Å²) in [6.07, 6.45) is 1.55. The molecule has 2 aromatic rings. The molecule has 0 heterocycles. The Morgan fingerprint density at radius 1 is 1.22 bits per heavy atom. The molecule has 2 rings (SSSR count). The second-order valence-corrected chi connectivity index (χ2v) is 5.97. The van der Waals surface area contributed by atoms with Gasteiger partial charge in [-0.2, -0.15) is 5.10 Å². The van der Waals surface area contributed by atoms with Crippen molar-refractivity contribution in [2.24, 2.45) is 10.8 Å². The molecule has 0 bridgehead atoms. The van der Waals surface area contributed by atoms with Crippen LogP contribution in [-0.4, -0.2) is 30.4 Å². The largest absolute Gasteiger partial charge is 0.490 e. The molecule has 0 fully saturated rings. The van der Waals surface area contributed by atoms with Crippen LogP contribution in [0.25, 0.3) is 0 Å². The Hall–Kier alpha value is -3.13. The molecule has 27 heavy (non-hydrogen) atoms. The predicted molar refractivity (Wildman–Crippen MR) is 110 cm³/mol. The predicted octanol–water partition coefficient (Wildman–Crippen LogP) is 2.58. The molecule has 0 saturated heterocycles. The van der Waals surface area contributed by atoms with E-state index in [1.807, 2.05) is 38.1 Å². The van der Waals surface area contributed by atoms with Gasteiger partial charge in [-0.1, -0.05) is 18.2 Å². The second-order valence-electron chi connectivity index (χ2n) is 5.53. The lowest BCUT2D eigenvalue weighted by molar-refractivity contribution is -0.118. The highest BCUT2D eigenvalue weighted by Gasteiger charge is 2.10. The number of benzene rings is 2. The van der Waals surface area contributed by atoms with Crippen molar-refractivity contribution < 1.29 is 14.3 Å². The molecule has 0 aliphatic carbocycles. The number of carbonyl (C=O) groups excluding carboxylic acids is 1. The number of anilines is 1. The van der Waals surface area contributed by atoms with E-state index in [0.717, 1.165) is 16.8 Å². The molecule has 8 heteroatoms. The van der Waals surface area contributed by atoms with E-state index in [9.17, 15) is 4.79 Å². The Labute approximate surface area is 163 Å². The van der Waals surface area contributed by atoms with Gasteiger partial charge in [0.25, 0.3) is 5.91 Å². The number of nitrogens with two attached hydrogens (primary N) is 1. The summed E-state index contributed by atoms with van der Waals surface area (Å²) in [5.74, 6) is 0.731. The molecule has 0 atom stereocenters. The van der Waals surface area contributed by atoms with E-state index in [1.54, 1.807) is 24.4 Å². The van der Waals surface area contributed by atoms with Gasteiger partial charge in [-0.3, -0.25) is 10.2 Å². The third kappa shape index (κ3) is 6.59. The topological polar surface area (TPSA) is 98.0 Å². The molecule has 0 spiro atoms. The molecule has 0 aliphatic rings. The average Bonchev–Trinajstić information content (AvgIpc) is 2.63. The molecule has 0 aliphatic heterocycles. The van der Waals surface area contributed by atoms with Crippen LogP contribution in [-0.2, 0) is 4.79 Å². The van der Waals surface area contributed by atoms with Crippen LogP contribution in [0.4, 0.5) is 5.69 Å². The number of nitrogens with zero attached hydrogens (tertiary/aromatic N) is 1. The normalized spacial score (nSPS) is 10.4. The Morgan fingerprint density at radius 3 is 2.70 bits per heavy atom. The molecule has 0 radical (unpaired) electrons. The number of hydrazone groups is 1. The maximum absolute atomic E-state index is 12.1. The molecule has 0 aromatic heterocycles. The molecule has 142 valence electrons. The lowest BCUT2D eigenvalue weighted by atomic mass is 10.2. The fourth-order valence-electron chi connectivity index (χ4n) is 2.21. The van der Waals surface area contributed by atoms with Crippen LogP contribution < -0.4 is 25.9 Å². The van der Waals surface area contributed by atoms with Crippen LogP contribution in [0.5, 0.6) is 11.5 Å². The lowest BCUT2D eigenvalue weighted by Crippen LogP contribution is -2.24. The first-order chi connectivity index (χ1) is 13.0. The van der Waals surface area contributed by atoms with Crippen LogP contribution >= 0.6 is 12.2 Å². The fraction of sp³-hybridized carbons (Fsp3) is 0.211. The van der Waals surface area contributed by atoms with Gasteiger partial charge < -0.3 is 20.5 Å². The van der Waals surface area contributed by atoms with Gasteiger partial charge in [-0.15, -0.1) is 0 Å². The van der Waals surface area contributed by atoms with Gasteiger partial charge in [0.05, 0.1) is 12.8 Å². The molecule has 2 aromatic carbocycles. The molecular weight excluding hydrogens is 364 g/mol. The van der Waals surface area contributed by atoms with Gasteiger partial charge in [0.15, 0.2) is 23.2 Å². The first-order valence-electron chi connectivity index (χ1n) is 8.33. The van der Waals surface area contributed by atoms with Crippen molar-refractivity contribution in [3.05, 3.63) is 53.6 Å². The van der Waals surface area contributed by atoms with E-state index < -0.39 is 0 Å². The van der Waals surface area contributed by atoms with Crippen molar-refractivity contribution >= 4 is 35.1 Å². The van der Waals surface area contributed by atoms with Gasteiger partial charge in [-0.25, -0.2) is 0 Å². The third-order valence-corrected chi connectivity index (χ3v) is 3.53. The zero-order chi connectivity index (χ0) is 19.6. The Kier molecular flexibility index (Phi) is 7.57. The Bertz CT molecular complexity index is 839. The molecular formula is C19H22N4O3S. The van der Waals surface area contributed by atoms with Crippen LogP contribution in [0.1, 0.15) is 18.1 Å². The average molecular weight is 386 g/mol. The maximum atomic E-state index is 12.1. The number of ether oxygens (including phenoxy) is 2. The van der Waals surface area contributed by atoms with E-state index in [1.165, 1.54) is 0 Å². The number of nitrogens with one attached hydrogen (secondary N) is 2. The number of amides is 1. The summed E-state index contributed by atoms with van der Waals surface area (Å²) in [5, 5.41) is 6.80. The lowest BCUT2D eigenvalue weighted by Gasteiger charge is -2.13. The summed E-state index contributed by atoms with van der Waals surface area (Å²) in [6, 6.07) is 12.8. The number of rotatable bonds is 8. The third-order valence-electron chi connectivity index (χ3n) is 3.43. The summed E-state index contributed by atoms with van der Waals surface area (Å²) in [4.78, 5) is 12.1. The number of hydrogen-bond donors (Lipinski definition) is 3. The van der Waals surface area contributed by atoms with Crippen LogP contribution in [0.2, 0.25) is 0 Å². The summed E-state index contributed by atoms with van der Waals surface area (Å²) >= 11 is 4.68. The van der Waals surface area contributed by atoms with E-state index >= 15 is 0 Å². The standard InChI is InChI=1S/C19H22N4O3S/c1-3-25-17-10-14(11-21-23-19(20)27)8-9-16(17)26-12-18(24)22-15-7-5-4-6-13(15)2/h4-11H,3,12H2,1-2H3,(H,22,24)(H3,20,23,27)/b21-11-. The van der Waals surface area contributed by atoms with Gasteiger partial charge in [0.1, 0.15) is 0 Å². The van der Waals surface area contributed by atoms with Crippen molar-refractivity contribution in [2.75, 3.05) is 18.5 Å². The highest BCUT2D eigenvalue weighted by Crippen LogP contribution is 2.28. The number of carbonyl (C=O) groups is 1. The minimum atomic E-state index is -0.252. The summed E-state index contributed by atoms with van der Waals surface area (Å²) in [6.45, 7) is 4.11. The van der Waals surface area contributed by atoms with Crippen molar-refractivity contribution in [1.82, 2.24) is 5.43 Å². The molecule has 0 unspecified atom stereocenters. The minimum Gasteiger partial charge on any atom is -0.490 e. The van der Waals surface area contributed by atoms with Gasteiger partial charge >= 0.3 is 0 Å². The minimum absolute atomic E-state index is 0.0795. The van der Waals surface area contributed by atoms with Crippen molar-refractivity contribution in [1.29, 1.82) is 0 Å². The Morgan fingerprint density at radius 2 is 2.00 bits per heavy atom. The van der Waals surface area contributed by atoms with Crippen LogP contribution in [0.15, 0.2) is 47.6 Å².